The van der Waals surface area contributed by atoms with Crippen molar-refractivity contribution in [1.29, 1.82) is 0 Å². The minimum atomic E-state index is -0.497. The second-order valence-electron chi connectivity index (χ2n) is 3.57. The van der Waals surface area contributed by atoms with Crippen LogP contribution >= 0.6 is 0 Å². The summed E-state index contributed by atoms with van der Waals surface area (Å²) in [7, 11) is 0. The molecule has 2 N–H and O–H groups in total. The Bertz CT molecular complexity index is 342. The molecule has 0 radical (unpaired) electrons. The van der Waals surface area contributed by atoms with Gasteiger partial charge in [-0.05, 0) is 0 Å². The van der Waals surface area contributed by atoms with E-state index in [1.165, 1.54) is 4.46 Å². The van der Waals surface area contributed by atoms with Crippen LogP contribution in [0.25, 0.3) is 0 Å². The zero-order chi connectivity index (χ0) is 10.7. The maximum atomic E-state index is 11.0. The molecular formula is C11H13NO2Se. The van der Waals surface area contributed by atoms with Crippen molar-refractivity contribution in [2.45, 2.75) is 23.9 Å². The van der Waals surface area contributed by atoms with E-state index >= 15 is 0 Å². The minimum absolute atomic E-state index is 0.0311. The molecule has 0 aliphatic carbocycles. The van der Waals surface area contributed by atoms with Gasteiger partial charge in [0, 0.05) is 0 Å². The van der Waals surface area contributed by atoms with Crippen LogP contribution in [0.1, 0.15) is 6.42 Å². The van der Waals surface area contributed by atoms with Gasteiger partial charge in [0.1, 0.15) is 0 Å². The van der Waals surface area contributed by atoms with Crippen molar-refractivity contribution < 1.29 is 9.90 Å². The summed E-state index contributed by atoms with van der Waals surface area (Å²) in [6.45, 7) is 0. The molecule has 3 nitrogen and oxygen atoms in total. The first-order valence-corrected chi connectivity index (χ1v) is 6.98. The number of carbonyl (C=O) groups is 1. The number of hydrogen-bond donors (Lipinski definition) is 2. The fourth-order valence-corrected chi connectivity index (χ4v) is 3.70. The van der Waals surface area contributed by atoms with Crippen LogP contribution in [0.3, 0.4) is 0 Å². The van der Waals surface area contributed by atoms with Crippen LogP contribution in [0.5, 0.6) is 0 Å². The van der Waals surface area contributed by atoms with Gasteiger partial charge in [0.05, 0.1) is 0 Å². The summed E-state index contributed by atoms with van der Waals surface area (Å²) in [6, 6.07) is 10.2. The monoisotopic (exact) mass is 271 g/mol. The van der Waals surface area contributed by atoms with Gasteiger partial charge in [-0.15, -0.1) is 0 Å². The van der Waals surface area contributed by atoms with Gasteiger partial charge in [-0.3, -0.25) is 0 Å². The van der Waals surface area contributed by atoms with Gasteiger partial charge in [0.25, 0.3) is 0 Å². The van der Waals surface area contributed by atoms with Crippen LogP contribution in [0.2, 0.25) is 5.32 Å². The van der Waals surface area contributed by atoms with Gasteiger partial charge in [-0.25, -0.2) is 0 Å². The van der Waals surface area contributed by atoms with E-state index in [2.05, 4.69) is 17.4 Å². The van der Waals surface area contributed by atoms with Crippen molar-refractivity contribution in [2.24, 2.45) is 0 Å². The van der Waals surface area contributed by atoms with Crippen molar-refractivity contribution in [2.75, 3.05) is 0 Å². The van der Waals surface area contributed by atoms with Crippen molar-refractivity contribution in [3.8, 4) is 0 Å². The van der Waals surface area contributed by atoms with Gasteiger partial charge in [0.15, 0.2) is 0 Å². The number of aliphatic hydroxyl groups is 1. The number of benzene rings is 1. The van der Waals surface area contributed by atoms with Gasteiger partial charge in [-0.2, -0.15) is 0 Å². The molecule has 0 unspecified atom stereocenters. The molecule has 1 heterocycles. The molecule has 0 saturated carbocycles. The molecule has 1 fully saturated rings. The van der Waals surface area contributed by atoms with Crippen LogP contribution in [-0.2, 0) is 4.79 Å². The molecule has 0 bridgehead atoms. The Labute approximate surface area is 95.0 Å². The molecule has 2 rings (SSSR count). The molecule has 1 amide bonds. The van der Waals surface area contributed by atoms with Gasteiger partial charge in [0.2, 0.25) is 0 Å². The van der Waals surface area contributed by atoms with E-state index in [-0.39, 0.29) is 18.4 Å². The first-order valence-electron chi connectivity index (χ1n) is 4.91. The first kappa shape index (κ1) is 10.7. The third-order valence-electron chi connectivity index (χ3n) is 2.38. The number of aliphatic hydroxyl groups excluding tert-OH is 1. The molecule has 2 atom stereocenters. The molecule has 1 aromatic carbocycles. The van der Waals surface area contributed by atoms with E-state index in [0.717, 1.165) is 5.32 Å². The second-order valence-corrected chi connectivity index (χ2v) is 5.86. The zero-order valence-electron chi connectivity index (χ0n) is 8.22. The van der Waals surface area contributed by atoms with Crippen molar-refractivity contribution in [1.82, 2.24) is 5.32 Å². The van der Waals surface area contributed by atoms with E-state index in [4.69, 9.17) is 0 Å². The van der Waals surface area contributed by atoms with E-state index in [1.54, 1.807) is 0 Å². The Morgan fingerprint density at radius 1 is 1.40 bits per heavy atom. The predicted molar refractivity (Wildman–Crippen MR) is 59.2 cm³/mol. The van der Waals surface area contributed by atoms with E-state index in [0.29, 0.717) is 15.0 Å². The van der Waals surface area contributed by atoms with Crippen molar-refractivity contribution >= 4 is 25.3 Å². The average Bonchev–Trinajstić information content (AvgIpc) is 2.56. The second kappa shape index (κ2) is 4.79. The number of carbonyl (C=O) groups excluding carboxylic acids is 1. The van der Waals surface area contributed by atoms with Crippen molar-refractivity contribution in [3.63, 3.8) is 0 Å². The third kappa shape index (κ3) is 2.81. The normalized spacial score (nSPS) is 25.3. The Morgan fingerprint density at radius 3 is 2.73 bits per heavy atom. The molecule has 0 spiro atoms. The van der Waals surface area contributed by atoms with Crippen LogP contribution in [0, 0.1) is 0 Å². The topological polar surface area (TPSA) is 49.3 Å². The third-order valence-corrected chi connectivity index (χ3v) is 4.75. The first-order chi connectivity index (χ1) is 7.25. The summed E-state index contributed by atoms with van der Waals surface area (Å²) in [5.41, 5.74) is 0. The Kier molecular flexibility index (Phi) is 3.41. The molecule has 1 aliphatic heterocycles. The van der Waals surface area contributed by atoms with Gasteiger partial charge >= 0.3 is 94.8 Å². The number of hydrogen-bond acceptors (Lipinski definition) is 2. The molecule has 1 aromatic rings. The van der Waals surface area contributed by atoms with E-state index in [9.17, 15) is 9.90 Å². The summed E-state index contributed by atoms with van der Waals surface area (Å²) in [5.74, 6) is -0.0311. The molecule has 15 heavy (non-hydrogen) atoms. The summed E-state index contributed by atoms with van der Waals surface area (Å²) in [6.07, 6.45) is -0.238. The standard InChI is InChI=1S/C11H13NO2Se/c13-10-6-11(14)12-9(10)7-15-8-4-2-1-3-5-8/h1-5,9-10,13H,6-7H2,(H,12,14)/t9-,10-/m0/s1. The molecular weight excluding hydrogens is 257 g/mol. The fourth-order valence-electron chi connectivity index (χ4n) is 1.55. The van der Waals surface area contributed by atoms with Crippen molar-refractivity contribution in [3.05, 3.63) is 30.3 Å². The fraction of sp³-hybridized carbons (Fsp3) is 0.364. The molecule has 80 valence electrons. The summed E-state index contributed by atoms with van der Waals surface area (Å²) in [4.78, 5) is 11.0. The number of amides is 1. The van der Waals surface area contributed by atoms with Gasteiger partial charge in [-0.1, -0.05) is 0 Å². The summed E-state index contributed by atoms with van der Waals surface area (Å²) >= 11 is 0.324. The van der Waals surface area contributed by atoms with Crippen LogP contribution in [0.15, 0.2) is 30.3 Å². The number of nitrogens with one attached hydrogen (secondary N) is 1. The quantitative estimate of drug-likeness (QED) is 0.740. The summed E-state index contributed by atoms with van der Waals surface area (Å²) in [5, 5.41) is 13.2. The van der Waals surface area contributed by atoms with Crippen LogP contribution in [-0.4, -0.2) is 38.1 Å². The molecule has 1 aliphatic rings. The SMILES string of the molecule is O=C1C[C@H](O)[C@H](C[Se]c2ccccc2)N1. The van der Waals surface area contributed by atoms with Gasteiger partial charge < -0.3 is 0 Å². The van der Waals surface area contributed by atoms with E-state index < -0.39 is 6.10 Å². The van der Waals surface area contributed by atoms with Crippen LogP contribution < -0.4 is 9.78 Å². The number of rotatable bonds is 3. The summed E-state index contributed by atoms with van der Waals surface area (Å²) < 4.78 is 1.30. The Balaban J connectivity index is 1.86. The van der Waals surface area contributed by atoms with Crippen LogP contribution in [0.4, 0.5) is 0 Å². The maximum absolute atomic E-state index is 11.0. The predicted octanol–water partition coefficient (Wildman–Crippen LogP) is -0.316. The average molecular weight is 270 g/mol. The zero-order valence-corrected chi connectivity index (χ0v) is 9.93. The molecule has 0 aromatic heterocycles. The molecule has 4 heteroatoms. The van der Waals surface area contributed by atoms with E-state index in [1.807, 2.05) is 18.2 Å². The Morgan fingerprint density at radius 2 is 2.13 bits per heavy atom. The Hall–Kier alpha value is -0.831. The molecule has 1 saturated heterocycles.